The molecular formula is C21H20N2O4S. The number of ether oxygens (including phenoxy) is 2. The largest absolute Gasteiger partial charge is 0.507 e. The number of nitrogens with zero attached hydrogens (tertiary/aromatic N) is 1. The molecule has 0 radical (unpaired) electrons. The minimum atomic E-state index is -0.450. The zero-order valence-electron chi connectivity index (χ0n) is 15.1. The van der Waals surface area contributed by atoms with Crippen LogP contribution < -0.4 is 5.32 Å². The predicted molar refractivity (Wildman–Crippen MR) is 108 cm³/mol. The van der Waals surface area contributed by atoms with E-state index >= 15 is 0 Å². The third-order valence-corrected chi connectivity index (χ3v) is 6.53. The highest BCUT2D eigenvalue weighted by Crippen LogP contribution is 2.37. The number of aromatic nitrogens is 1. The maximum Gasteiger partial charge on any atom is 0.253 e. The van der Waals surface area contributed by atoms with Crippen LogP contribution in [0.25, 0.3) is 20.8 Å². The van der Waals surface area contributed by atoms with E-state index in [0.717, 1.165) is 21.6 Å². The van der Waals surface area contributed by atoms with Gasteiger partial charge >= 0.3 is 0 Å². The third kappa shape index (κ3) is 3.15. The van der Waals surface area contributed by atoms with Gasteiger partial charge in [0.05, 0.1) is 29.0 Å². The Hall–Kier alpha value is -2.48. The van der Waals surface area contributed by atoms with Crippen LogP contribution in [0.4, 0.5) is 5.69 Å². The van der Waals surface area contributed by atoms with Gasteiger partial charge in [0.25, 0.3) is 5.91 Å². The van der Waals surface area contributed by atoms with Crippen LogP contribution in [0.2, 0.25) is 0 Å². The number of hydrogen-bond acceptors (Lipinski definition) is 6. The topological polar surface area (TPSA) is 80.7 Å². The van der Waals surface area contributed by atoms with Crippen LogP contribution >= 0.6 is 11.3 Å². The first-order chi connectivity index (χ1) is 13.7. The number of anilines is 1. The lowest BCUT2D eigenvalue weighted by atomic mass is 9.86. The highest BCUT2D eigenvalue weighted by Gasteiger charge is 2.43. The SMILES string of the molecule is O=C(Nc1ccc(O)c(-c2nc3ccccc3s2)c1)C1OCC2COCCC21. The van der Waals surface area contributed by atoms with E-state index < -0.39 is 6.10 Å². The summed E-state index contributed by atoms with van der Waals surface area (Å²) in [6, 6.07) is 12.9. The van der Waals surface area contributed by atoms with Crippen molar-refractivity contribution in [1.29, 1.82) is 0 Å². The van der Waals surface area contributed by atoms with Crippen molar-refractivity contribution in [1.82, 2.24) is 4.98 Å². The van der Waals surface area contributed by atoms with E-state index in [4.69, 9.17) is 9.47 Å². The number of hydrogen-bond donors (Lipinski definition) is 2. The molecule has 28 heavy (non-hydrogen) atoms. The molecule has 2 aliphatic rings. The minimum Gasteiger partial charge on any atom is -0.507 e. The van der Waals surface area contributed by atoms with Gasteiger partial charge in [0.15, 0.2) is 0 Å². The van der Waals surface area contributed by atoms with Gasteiger partial charge in [-0.2, -0.15) is 0 Å². The predicted octanol–water partition coefficient (Wildman–Crippen LogP) is 3.66. The van der Waals surface area contributed by atoms with Gasteiger partial charge in [-0.25, -0.2) is 4.98 Å². The molecular weight excluding hydrogens is 376 g/mol. The molecule has 0 aliphatic carbocycles. The van der Waals surface area contributed by atoms with Crippen molar-refractivity contribution >= 4 is 33.1 Å². The molecule has 5 rings (SSSR count). The Morgan fingerprint density at radius 1 is 1.21 bits per heavy atom. The first kappa shape index (κ1) is 17.6. The molecule has 2 N–H and O–H groups in total. The van der Waals surface area contributed by atoms with Crippen LogP contribution in [0.3, 0.4) is 0 Å². The number of carbonyl (C=O) groups excluding carboxylic acids is 1. The number of aromatic hydroxyl groups is 1. The summed E-state index contributed by atoms with van der Waals surface area (Å²) < 4.78 is 12.3. The van der Waals surface area contributed by atoms with Crippen LogP contribution in [0.1, 0.15) is 6.42 Å². The van der Waals surface area contributed by atoms with Gasteiger partial charge in [0, 0.05) is 24.1 Å². The normalized spacial score (nSPS) is 24.2. The average molecular weight is 396 g/mol. The molecule has 7 heteroatoms. The molecule has 0 spiro atoms. The molecule has 1 aromatic heterocycles. The number of phenols is 1. The minimum absolute atomic E-state index is 0.138. The van der Waals surface area contributed by atoms with Gasteiger partial charge in [-0.1, -0.05) is 12.1 Å². The van der Waals surface area contributed by atoms with Crippen molar-refractivity contribution in [3.8, 4) is 16.3 Å². The van der Waals surface area contributed by atoms with E-state index in [1.54, 1.807) is 18.2 Å². The highest BCUT2D eigenvalue weighted by molar-refractivity contribution is 7.21. The van der Waals surface area contributed by atoms with Crippen molar-refractivity contribution in [3.05, 3.63) is 42.5 Å². The summed E-state index contributed by atoms with van der Waals surface area (Å²) in [4.78, 5) is 17.4. The van der Waals surface area contributed by atoms with E-state index in [-0.39, 0.29) is 17.6 Å². The number of rotatable bonds is 3. The van der Waals surface area contributed by atoms with Gasteiger partial charge < -0.3 is 19.9 Å². The van der Waals surface area contributed by atoms with Gasteiger partial charge in [-0.3, -0.25) is 4.79 Å². The molecule has 3 heterocycles. The van der Waals surface area contributed by atoms with Gasteiger partial charge in [-0.15, -0.1) is 11.3 Å². The average Bonchev–Trinajstić information content (AvgIpc) is 3.33. The Morgan fingerprint density at radius 3 is 3.00 bits per heavy atom. The number of fused-ring (bicyclic) bond motifs is 2. The van der Waals surface area contributed by atoms with E-state index in [0.29, 0.717) is 37.0 Å². The van der Waals surface area contributed by atoms with Crippen LogP contribution in [0.15, 0.2) is 42.5 Å². The van der Waals surface area contributed by atoms with E-state index in [1.807, 2.05) is 24.3 Å². The summed E-state index contributed by atoms with van der Waals surface area (Å²) in [7, 11) is 0. The molecule has 2 aliphatic heterocycles. The summed E-state index contributed by atoms with van der Waals surface area (Å²) in [6.07, 6.45) is 0.392. The lowest BCUT2D eigenvalue weighted by Gasteiger charge is -2.26. The number of thiazole rings is 1. The van der Waals surface area contributed by atoms with Crippen molar-refractivity contribution in [3.63, 3.8) is 0 Å². The van der Waals surface area contributed by atoms with Crippen LogP contribution in [-0.4, -0.2) is 41.9 Å². The van der Waals surface area contributed by atoms with Gasteiger partial charge in [0.1, 0.15) is 16.9 Å². The van der Waals surface area contributed by atoms with E-state index in [1.165, 1.54) is 11.3 Å². The second-order valence-electron chi connectivity index (χ2n) is 7.25. The Kier molecular flexibility index (Phi) is 4.50. The fourth-order valence-corrected chi connectivity index (χ4v) is 4.98. The molecule has 2 fully saturated rings. The zero-order valence-corrected chi connectivity index (χ0v) is 15.9. The van der Waals surface area contributed by atoms with Crippen LogP contribution in [0, 0.1) is 11.8 Å². The molecule has 1 amide bonds. The molecule has 3 aromatic rings. The zero-order chi connectivity index (χ0) is 19.1. The first-order valence-electron chi connectivity index (χ1n) is 9.38. The Labute approximate surface area is 166 Å². The van der Waals surface area contributed by atoms with E-state index in [2.05, 4.69) is 10.3 Å². The van der Waals surface area contributed by atoms with E-state index in [9.17, 15) is 9.90 Å². The molecule has 144 valence electrons. The molecule has 2 saturated heterocycles. The quantitative estimate of drug-likeness (QED) is 0.661. The number of phenolic OH excluding ortho intramolecular Hbond substituents is 1. The summed E-state index contributed by atoms with van der Waals surface area (Å²) in [5.41, 5.74) is 2.12. The van der Waals surface area contributed by atoms with Gasteiger partial charge in [0.2, 0.25) is 0 Å². The summed E-state index contributed by atoms with van der Waals surface area (Å²) in [5.74, 6) is 0.492. The van der Waals surface area contributed by atoms with Crippen molar-refractivity contribution in [2.45, 2.75) is 12.5 Å². The number of amides is 1. The number of benzene rings is 2. The second-order valence-corrected chi connectivity index (χ2v) is 8.28. The van der Waals surface area contributed by atoms with Crippen molar-refractivity contribution in [2.24, 2.45) is 11.8 Å². The lowest BCUT2D eigenvalue weighted by molar-refractivity contribution is -0.126. The van der Waals surface area contributed by atoms with Crippen molar-refractivity contribution in [2.75, 3.05) is 25.1 Å². The number of carbonyl (C=O) groups is 1. The summed E-state index contributed by atoms with van der Waals surface area (Å²) in [6.45, 7) is 1.90. The van der Waals surface area contributed by atoms with Crippen LogP contribution in [0.5, 0.6) is 5.75 Å². The molecule has 6 nitrogen and oxygen atoms in total. The first-order valence-corrected chi connectivity index (χ1v) is 10.2. The van der Waals surface area contributed by atoms with Gasteiger partial charge in [-0.05, 0) is 36.8 Å². The smallest absolute Gasteiger partial charge is 0.253 e. The maximum atomic E-state index is 12.8. The lowest BCUT2D eigenvalue weighted by Crippen LogP contribution is -2.37. The summed E-state index contributed by atoms with van der Waals surface area (Å²) >= 11 is 1.51. The highest BCUT2D eigenvalue weighted by atomic mass is 32.1. The molecule has 2 aromatic carbocycles. The van der Waals surface area contributed by atoms with Crippen molar-refractivity contribution < 1.29 is 19.4 Å². The Morgan fingerprint density at radius 2 is 2.11 bits per heavy atom. The fraction of sp³-hybridized carbons (Fsp3) is 0.333. The maximum absolute atomic E-state index is 12.8. The number of para-hydroxylation sites is 1. The fourth-order valence-electron chi connectivity index (χ4n) is 3.99. The number of nitrogens with one attached hydrogen (secondary N) is 1. The molecule has 0 saturated carbocycles. The van der Waals surface area contributed by atoms with Crippen LogP contribution in [-0.2, 0) is 14.3 Å². The summed E-state index contributed by atoms with van der Waals surface area (Å²) in [5, 5.41) is 14.0. The Balaban J connectivity index is 1.39. The third-order valence-electron chi connectivity index (χ3n) is 5.46. The molecule has 3 atom stereocenters. The Bertz CT molecular complexity index is 1000. The molecule has 0 bridgehead atoms. The molecule has 3 unspecified atom stereocenters. The second kappa shape index (κ2) is 7.16. The monoisotopic (exact) mass is 396 g/mol. The standard InChI is InChI=1S/C21H20N2O4S/c24-17-6-5-13(9-15(17)21-23-16-3-1-2-4-18(16)28-21)22-20(25)19-14-7-8-26-10-12(14)11-27-19/h1-6,9,12,14,19,24H,7-8,10-11H2,(H,22,25).